The summed E-state index contributed by atoms with van der Waals surface area (Å²) in [4.78, 5) is 69.2. The predicted molar refractivity (Wildman–Crippen MR) is 193 cm³/mol. The quantitative estimate of drug-likeness (QED) is 0.167. The molecule has 5 amide bonds. The van der Waals surface area contributed by atoms with Crippen molar-refractivity contribution in [2.75, 3.05) is 26.7 Å². The first-order chi connectivity index (χ1) is 23.0. The van der Waals surface area contributed by atoms with Crippen LogP contribution >= 0.6 is 0 Å². The Morgan fingerprint density at radius 3 is 2.14 bits per heavy atom. The van der Waals surface area contributed by atoms with Gasteiger partial charge >= 0.3 is 6.03 Å². The number of fused-ring (bicyclic) bond motifs is 1. The predicted octanol–water partition coefficient (Wildman–Crippen LogP) is 3.10. The Labute approximate surface area is 299 Å². The molecule has 0 radical (unpaired) electrons. The molecular formula is C36H62N6O7S. The molecule has 4 N–H and O–H groups in total. The summed E-state index contributed by atoms with van der Waals surface area (Å²) in [7, 11) is -2.17. The lowest BCUT2D eigenvalue weighted by atomic mass is 9.70. The van der Waals surface area contributed by atoms with E-state index >= 15 is 0 Å². The zero-order valence-electron chi connectivity index (χ0n) is 31.7. The first-order valence-corrected chi connectivity index (χ1v) is 19.6. The number of nitrogens with one attached hydrogen (secondary N) is 4. The van der Waals surface area contributed by atoms with E-state index in [1.165, 1.54) is 24.4 Å². The van der Waals surface area contributed by atoms with E-state index in [9.17, 15) is 32.4 Å². The Kier molecular flexibility index (Phi) is 13.4. The van der Waals surface area contributed by atoms with Crippen molar-refractivity contribution in [3.8, 4) is 0 Å². The summed E-state index contributed by atoms with van der Waals surface area (Å²) >= 11 is 0. The highest BCUT2D eigenvalue weighted by atomic mass is 32.2. The van der Waals surface area contributed by atoms with Crippen molar-refractivity contribution in [2.45, 2.75) is 136 Å². The molecule has 3 aliphatic rings. The van der Waals surface area contributed by atoms with Gasteiger partial charge in [0.15, 0.2) is 0 Å². The minimum absolute atomic E-state index is 0.0344. The summed E-state index contributed by atoms with van der Waals surface area (Å²) in [6, 6.07) is -4.07. The van der Waals surface area contributed by atoms with E-state index in [1.54, 1.807) is 25.7 Å². The Morgan fingerprint density at radius 2 is 1.58 bits per heavy atom. The summed E-state index contributed by atoms with van der Waals surface area (Å²) in [5, 5.41) is 11.2. The molecule has 1 heterocycles. The summed E-state index contributed by atoms with van der Waals surface area (Å²) in [5.41, 5.74) is -1.11. The largest absolute Gasteiger partial charge is 0.346 e. The van der Waals surface area contributed by atoms with Crippen LogP contribution in [0.4, 0.5) is 4.79 Å². The minimum Gasteiger partial charge on any atom is -0.346 e. The van der Waals surface area contributed by atoms with Gasteiger partial charge in [0.05, 0.1) is 10.8 Å². The second-order valence-electron chi connectivity index (χ2n) is 17.0. The first kappa shape index (κ1) is 41.4. The molecule has 13 nitrogen and oxygen atoms in total. The lowest BCUT2D eigenvalue weighted by Gasteiger charge is -2.43. The van der Waals surface area contributed by atoms with Crippen LogP contribution in [0.25, 0.3) is 0 Å². The normalized spacial score (nSPS) is 24.0. The number of hydrogen-bond donors (Lipinski definition) is 4. The lowest BCUT2D eigenvalue weighted by molar-refractivity contribution is -0.145. The van der Waals surface area contributed by atoms with Gasteiger partial charge in [-0.1, -0.05) is 59.5 Å². The fraction of sp³-hybridized carbons (Fsp3) is 0.806. The number of rotatable bonds is 13. The number of urea groups is 1. The molecule has 14 heteroatoms. The number of ketones is 1. The molecule has 0 aromatic heterocycles. The molecule has 0 bridgehead atoms. The average molecular weight is 723 g/mol. The summed E-state index contributed by atoms with van der Waals surface area (Å²) < 4.78 is 26.6. The molecule has 0 spiro atoms. The van der Waals surface area contributed by atoms with Gasteiger partial charge in [-0.25, -0.2) is 17.5 Å². The van der Waals surface area contributed by atoms with E-state index in [0.717, 1.165) is 38.5 Å². The third-order valence-corrected chi connectivity index (χ3v) is 13.5. The van der Waals surface area contributed by atoms with Crippen LogP contribution in [0, 0.1) is 22.7 Å². The average Bonchev–Trinajstić information content (AvgIpc) is 3.62. The van der Waals surface area contributed by atoms with Crippen LogP contribution in [0.3, 0.4) is 0 Å². The highest BCUT2D eigenvalue weighted by Gasteiger charge is 2.53. The van der Waals surface area contributed by atoms with Crippen molar-refractivity contribution < 1.29 is 32.4 Å². The first-order valence-electron chi connectivity index (χ1n) is 18.1. The summed E-state index contributed by atoms with van der Waals surface area (Å²) in [5.74, 6) is -2.45. The smallest absolute Gasteiger partial charge is 0.315 e. The minimum atomic E-state index is -3.67. The number of likely N-dealkylation sites (tertiary alicyclic amines) is 1. The maximum absolute atomic E-state index is 14.8. The van der Waals surface area contributed by atoms with Gasteiger partial charge in [0.2, 0.25) is 27.6 Å². The number of amides is 5. The second-order valence-corrected chi connectivity index (χ2v) is 19.8. The third-order valence-electron chi connectivity index (χ3n) is 11.0. The molecule has 1 aliphatic heterocycles. The fourth-order valence-corrected chi connectivity index (χ4v) is 9.00. The zero-order valence-corrected chi connectivity index (χ0v) is 32.5. The van der Waals surface area contributed by atoms with Gasteiger partial charge in [-0.3, -0.25) is 19.2 Å². The number of hydrogen-bond acceptors (Lipinski definition) is 7. The van der Waals surface area contributed by atoms with Crippen LogP contribution in [0.5, 0.6) is 0 Å². The maximum atomic E-state index is 14.8. The standard InChI is InChI=1S/C36H62N6O7S/c1-11-20-37-31(45)28(43)23(2)38-30(44)27-25-17-15-16-24(25)21-42(27)32(46)29(36(9)18-13-12-14-19-36)40-33(47)39-26(34(3,4)5)22-41(10)50(48,49)35(6,7)8/h11,23-27,29H,1,12-22H2,2-10H3,(H,37,45)(H,38,44)(H2,39,40,47)/t23?,24-,25-,26+,27-,29+/m0/s1. The monoisotopic (exact) mass is 722 g/mol. The molecule has 284 valence electrons. The molecule has 2 aliphatic carbocycles. The van der Waals surface area contributed by atoms with Gasteiger partial charge < -0.3 is 26.2 Å². The number of sulfonamides is 1. The maximum Gasteiger partial charge on any atom is 0.315 e. The fourth-order valence-electron chi connectivity index (χ4n) is 7.72. The van der Waals surface area contributed by atoms with Crippen LogP contribution in [-0.2, 0) is 29.2 Å². The van der Waals surface area contributed by atoms with Gasteiger partial charge in [0.1, 0.15) is 12.1 Å². The van der Waals surface area contributed by atoms with Gasteiger partial charge in [-0.2, -0.15) is 0 Å². The number of nitrogens with zero attached hydrogens (tertiary/aromatic N) is 2. The van der Waals surface area contributed by atoms with E-state index in [2.05, 4.69) is 27.8 Å². The van der Waals surface area contributed by atoms with Gasteiger partial charge in [-0.05, 0) is 76.0 Å². The van der Waals surface area contributed by atoms with E-state index in [1.807, 2.05) is 27.7 Å². The number of carbonyl (C=O) groups excluding carboxylic acids is 5. The van der Waals surface area contributed by atoms with Crippen LogP contribution < -0.4 is 21.3 Å². The molecule has 3 rings (SSSR count). The van der Waals surface area contributed by atoms with Gasteiger partial charge in [0.25, 0.3) is 5.91 Å². The van der Waals surface area contributed by atoms with Gasteiger partial charge in [-0.15, -0.1) is 6.58 Å². The molecule has 50 heavy (non-hydrogen) atoms. The molecule has 1 saturated heterocycles. The van der Waals surface area contributed by atoms with Crippen LogP contribution in [0.2, 0.25) is 0 Å². The molecule has 2 saturated carbocycles. The number of likely N-dealkylation sites (N-methyl/N-ethyl adjacent to an activating group) is 1. The number of Topliss-reactive ketones (excluding diaryl/α,β-unsaturated/α-hetero) is 1. The zero-order chi connectivity index (χ0) is 37.8. The molecule has 0 aromatic rings. The third kappa shape index (κ3) is 9.45. The van der Waals surface area contributed by atoms with E-state index in [-0.39, 0.29) is 30.8 Å². The highest BCUT2D eigenvalue weighted by molar-refractivity contribution is 7.90. The van der Waals surface area contributed by atoms with E-state index < -0.39 is 73.4 Å². The van der Waals surface area contributed by atoms with Crippen molar-refractivity contribution in [3.63, 3.8) is 0 Å². The highest BCUT2D eigenvalue weighted by Crippen LogP contribution is 2.45. The Morgan fingerprint density at radius 1 is 0.960 bits per heavy atom. The van der Waals surface area contributed by atoms with Crippen LogP contribution in [-0.4, -0.2) is 103 Å². The molecule has 0 aromatic carbocycles. The number of carbonyl (C=O) groups is 5. The Hall–Kier alpha value is -3.00. The molecular weight excluding hydrogens is 660 g/mol. The Bertz CT molecular complexity index is 1400. The van der Waals surface area contributed by atoms with Crippen molar-refractivity contribution in [1.29, 1.82) is 0 Å². The molecule has 6 atom stereocenters. The molecule has 1 unspecified atom stereocenters. The van der Waals surface area contributed by atoms with E-state index in [0.29, 0.717) is 19.4 Å². The SMILES string of the molecule is C=CCNC(=O)C(=O)C(C)NC(=O)[C@@H]1[C@H]2CCC[C@H]2CN1C(=O)[C@@H](NC(=O)N[C@H](CN(C)S(=O)(=O)C(C)(C)C)C(C)(C)C)C1(C)CCCCC1. The van der Waals surface area contributed by atoms with Crippen LogP contribution in [0.1, 0.15) is 107 Å². The van der Waals surface area contributed by atoms with Crippen molar-refractivity contribution in [2.24, 2.45) is 22.7 Å². The van der Waals surface area contributed by atoms with Crippen molar-refractivity contribution >= 4 is 39.6 Å². The lowest BCUT2D eigenvalue weighted by Crippen LogP contribution is -2.63. The molecule has 3 fully saturated rings. The van der Waals surface area contributed by atoms with Crippen LogP contribution in [0.15, 0.2) is 12.7 Å². The van der Waals surface area contributed by atoms with E-state index in [4.69, 9.17) is 0 Å². The summed E-state index contributed by atoms with van der Waals surface area (Å²) in [6.45, 7) is 18.1. The van der Waals surface area contributed by atoms with Crippen molar-refractivity contribution in [3.05, 3.63) is 12.7 Å². The van der Waals surface area contributed by atoms with Gasteiger partial charge in [0, 0.05) is 32.7 Å². The summed E-state index contributed by atoms with van der Waals surface area (Å²) in [6.07, 6.45) is 8.23. The topological polar surface area (TPSA) is 174 Å². The second kappa shape index (κ2) is 16.1. The van der Waals surface area contributed by atoms with Crippen molar-refractivity contribution in [1.82, 2.24) is 30.5 Å². The Balaban J connectivity index is 1.89.